The second-order valence-corrected chi connectivity index (χ2v) is 8.48. The quantitative estimate of drug-likeness (QED) is 0.0785. The van der Waals surface area contributed by atoms with E-state index in [9.17, 15) is 19.2 Å². The van der Waals surface area contributed by atoms with Crippen LogP contribution in [-0.4, -0.2) is 45.0 Å². The van der Waals surface area contributed by atoms with Gasteiger partial charge in [-0.3, -0.25) is 0 Å². The zero-order chi connectivity index (χ0) is 32.6. The third-order valence-electron chi connectivity index (χ3n) is 5.51. The van der Waals surface area contributed by atoms with Gasteiger partial charge in [0.1, 0.15) is 0 Å². The molecule has 0 saturated heterocycles. The molecule has 0 saturated carbocycles. The van der Waals surface area contributed by atoms with E-state index in [1.807, 2.05) is 0 Å². The Morgan fingerprint density at radius 3 is 0.727 bits per heavy atom. The van der Waals surface area contributed by atoms with Crippen LogP contribution in [0.1, 0.15) is 0 Å². The Hall–Kier alpha value is -6.84. The summed E-state index contributed by atoms with van der Waals surface area (Å²) in [7, 11) is 0. The predicted molar refractivity (Wildman–Crippen MR) is 156 cm³/mol. The van der Waals surface area contributed by atoms with Gasteiger partial charge >= 0.3 is 24.6 Å². The monoisotopic (exact) mass is 608 g/mol. The molecule has 0 aliphatic heterocycles. The second kappa shape index (κ2) is 13.7. The fourth-order valence-corrected chi connectivity index (χ4v) is 3.59. The van der Waals surface area contributed by atoms with Crippen LogP contribution in [0.15, 0.2) is 72.8 Å². The molecule has 16 nitrogen and oxygen atoms in total. The predicted octanol–water partition coefficient (Wildman–Crippen LogP) is 5.26. The lowest BCUT2D eigenvalue weighted by atomic mass is 10.0. The average molecular weight is 609 g/mol. The summed E-state index contributed by atoms with van der Waals surface area (Å²) in [6, 6.07) is 18.1. The molecular weight excluding hydrogens is 584 g/mol. The van der Waals surface area contributed by atoms with Crippen LogP contribution >= 0.6 is 0 Å². The first-order valence-corrected chi connectivity index (χ1v) is 12.0. The van der Waals surface area contributed by atoms with E-state index in [0.717, 1.165) is 0 Å². The average Bonchev–Trinajstić information content (AvgIpc) is 2.93. The summed E-state index contributed by atoms with van der Waals surface area (Å²) in [4.78, 5) is 42.4. The highest BCUT2D eigenvalue weighted by Gasteiger charge is 2.13. The van der Waals surface area contributed by atoms with Crippen molar-refractivity contribution < 1.29 is 58.6 Å². The van der Waals surface area contributed by atoms with Gasteiger partial charge in [0.15, 0.2) is 23.0 Å². The normalized spacial score (nSPS) is 10.0. The van der Waals surface area contributed by atoms with Crippen LogP contribution in [0.25, 0.3) is 22.3 Å². The first kappa shape index (κ1) is 31.7. The van der Waals surface area contributed by atoms with E-state index in [2.05, 4.69) is 18.9 Å². The fraction of sp³-hybridized carbons (Fsp3) is 0. The number of carbonyl (C=O) groups is 4. The maximum absolute atomic E-state index is 10.6. The van der Waals surface area contributed by atoms with Crippen molar-refractivity contribution in [3.63, 3.8) is 0 Å². The lowest BCUT2D eigenvalue weighted by Gasteiger charge is -2.10. The maximum atomic E-state index is 10.6. The van der Waals surface area contributed by atoms with Gasteiger partial charge in [0.2, 0.25) is 0 Å². The van der Waals surface area contributed by atoms with Gasteiger partial charge in [-0.1, -0.05) is 24.3 Å². The highest BCUT2D eigenvalue weighted by atomic mass is 16.7. The Bertz CT molecular complexity index is 1490. The molecule has 0 unspecified atom stereocenters. The first-order chi connectivity index (χ1) is 20.7. The second-order valence-electron chi connectivity index (χ2n) is 8.48. The summed E-state index contributed by atoms with van der Waals surface area (Å²) < 4.78 is 18.3. The molecule has 4 aromatic carbocycles. The number of anilines is 4. The molecule has 0 aliphatic rings. The minimum absolute atomic E-state index is 0.0254. The number of nitrogen functional groups attached to an aromatic ring is 4. The third kappa shape index (κ3) is 8.58. The van der Waals surface area contributed by atoms with Gasteiger partial charge < -0.3 is 62.3 Å². The Labute approximate surface area is 247 Å². The maximum Gasteiger partial charge on any atom is 0.511 e. The van der Waals surface area contributed by atoms with Gasteiger partial charge in [-0.25, -0.2) is 19.2 Å². The van der Waals surface area contributed by atoms with Crippen molar-refractivity contribution in [1.29, 1.82) is 0 Å². The van der Waals surface area contributed by atoms with Crippen LogP contribution in [-0.2, 0) is 0 Å². The number of hydrogen-bond donors (Lipinski definition) is 8. The van der Waals surface area contributed by atoms with Crippen molar-refractivity contribution in [2.45, 2.75) is 0 Å². The van der Waals surface area contributed by atoms with E-state index in [1.54, 1.807) is 24.3 Å². The molecule has 0 aliphatic carbocycles. The minimum Gasteiger partial charge on any atom is -0.449 e. The lowest BCUT2D eigenvalue weighted by Crippen LogP contribution is -2.06. The Morgan fingerprint density at radius 1 is 0.386 bits per heavy atom. The van der Waals surface area contributed by atoms with Crippen LogP contribution in [0, 0.1) is 0 Å². The van der Waals surface area contributed by atoms with Crippen LogP contribution in [0.4, 0.5) is 41.9 Å². The van der Waals surface area contributed by atoms with E-state index in [-0.39, 0.29) is 45.7 Å². The minimum atomic E-state index is -1.49. The molecule has 0 radical (unpaired) electrons. The van der Waals surface area contributed by atoms with Gasteiger partial charge in [-0.2, -0.15) is 0 Å². The summed E-state index contributed by atoms with van der Waals surface area (Å²) in [5, 5.41) is 34.6. The van der Waals surface area contributed by atoms with Crippen LogP contribution in [0.2, 0.25) is 0 Å². The molecule has 0 bridgehead atoms. The molecule has 0 atom stereocenters. The largest absolute Gasteiger partial charge is 0.511 e. The van der Waals surface area contributed by atoms with Crippen molar-refractivity contribution >= 4 is 47.4 Å². The molecule has 0 amide bonds. The molecule has 0 spiro atoms. The summed E-state index contributed by atoms with van der Waals surface area (Å²) in [5.74, 6) is -0.102. The molecule has 12 N–H and O–H groups in total. The summed E-state index contributed by atoms with van der Waals surface area (Å²) >= 11 is 0. The zero-order valence-electron chi connectivity index (χ0n) is 22.3. The number of hydrogen-bond acceptors (Lipinski definition) is 12. The van der Waals surface area contributed by atoms with Crippen LogP contribution in [0.3, 0.4) is 0 Å². The molecule has 0 fully saturated rings. The van der Waals surface area contributed by atoms with Gasteiger partial charge in [0.05, 0.1) is 22.7 Å². The number of benzene rings is 4. The lowest BCUT2D eigenvalue weighted by molar-refractivity contribution is 0.143. The summed E-state index contributed by atoms with van der Waals surface area (Å²) in [5.41, 5.74) is 25.3. The topological polar surface area (TPSA) is 290 Å². The van der Waals surface area contributed by atoms with Crippen molar-refractivity contribution in [1.82, 2.24) is 0 Å². The molecule has 228 valence electrons. The van der Waals surface area contributed by atoms with Crippen molar-refractivity contribution in [3.05, 3.63) is 72.8 Å². The van der Waals surface area contributed by atoms with Crippen LogP contribution in [0.5, 0.6) is 23.0 Å². The van der Waals surface area contributed by atoms with Gasteiger partial charge in [-0.15, -0.1) is 0 Å². The van der Waals surface area contributed by atoms with E-state index in [0.29, 0.717) is 22.3 Å². The molecule has 0 aromatic heterocycles. The molecule has 44 heavy (non-hydrogen) atoms. The molecule has 0 heterocycles. The van der Waals surface area contributed by atoms with E-state index in [1.165, 1.54) is 48.5 Å². The van der Waals surface area contributed by atoms with Crippen molar-refractivity contribution in [2.75, 3.05) is 22.9 Å². The highest BCUT2D eigenvalue weighted by Crippen LogP contribution is 2.34. The SMILES string of the molecule is Nc1ccc(-c2ccc(N)c(OC(=O)O)c2)cc1OC(=O)O.Nc1ccc(-c2ccc(N)c(OC(=O)O)c2)cc1OC(=O)O. The fourth-order valence-electron chi connectivity index (χ4n) is 3.59. The van der Waals surface area contributed by atoms with Gasteiger partial charge in [0.25, 0.3) is 0 Å². The summed E-state index contributed by atoms with van der Waals surface area (Å²) in [6.45, 7) is 0. The van der Waals surface area contributed by atoms with E-state index in [4.69, 9.17) is 43.4 Å². The Kier molecular flexibility index (Phi) is 9.85. The molecular formula is C28H24N4O12. The highest BCUT2D eigenvalue weighted by molar-refractivity contribution is 5.78. The standard InChI is InChI=1S/2C14H12N2O6/c2*15-9-3-1-7(5-11(9)21-13(17)18)8-2-4-10(16)12(6-8)22-14(19)20/h2*1-6H,15-16H2,(H,17,18)(H,19,20). The van der Waals surface area contributed by atoms with Crippen LogP contribution < -0.4 is 41.9 Å². The summed E-state index contributed by atoms with van der Waals surface area (Å²) in [6.07, 6.45) is -5.96. The number of ether oxygens (including phenoxy) is 4. The number of rotatable bonds is 6. The first-order valence-electron chi connectivity index (χ1n) is 12.0. The molecule has 4 aromatic rings. The van der Waals surface area contributed by atoms with E-state index < -0.39 is 24.6 Å². The Balaban J connectivity index is 0.000000240. The van der Waals surface area contributed by atoms with Gasteiger partial charge in [-0.05, 0) is 70.8 Å². The van der Waals surface area contributed by atoms with E-state index >= 15 is 0 Å². The molecule has 16 heteroatoms. The smallest absolute Gasteiger partial charge is 0.449 e. The van der Waals surface area contributed by atoms with Crippen molar-refractivity contribution in [3.8, 4) is 45.3 Å². The Morgan fingerprint density at radius 2 is 0.568 bits per heavy atom. The van der Waals surface area contributed by atoms with Crippen molar-refractivity contribution in [2.24, 2.45) is 0 Å². The van der Waals surface area contributed by atoms with Gasteiger partial charge in [0, 0.05) is 0 Å². The zero-order valence-corrected chi connectivity index (χ0v) is 22.3. The molecule has 4 rings (SSSR count). The number of carboxylic acid groups (broad SMARTS) is 4. The third-order valence-corrected chi connectivity index (χ3v) is 5.51. The number of nitrogens with two attached hydrogens (primary N) is 4.